The molecule has 0 spiro atoms. The van der Waals surface area contributed by atoms with Crippen LogP contribution in [0.1, 0.15) is 40.0 Å². The lowest BCUT2D eigenvalue weighted by Crippen LogP contribution is -2.50. The summed E-state index contributed by atoms with van der Waals surface area (Å²) < 4.78 is 5.62. The summed E-state index contributed by atoms with van der Waals surface area (Å²) in [5.74, 6) is 0.790. The van der Waals surface area contributed by atoms with Crippen molar-refractivity contribution in [2.24, 2.45) is 11.7 Å². The van der Waals surface area contributed by atoms with Gasteiger partial charge in [-0.15, -0.1) is 0 Å². The van der Waals surface area contributed by atoms with E-state index >= 15 is 0 Å². The molecule has 0 aliphatic carbocycles. The third kappa shape index (κ3) is 4.04. The maximum absolute atomic E-state index is 5.91. The van der Waals surface area contributed by atoms with Crippen molar-refractivity contribution in [2.45, 2.75) is 52.2 Å². The van der Waals surface area contributed by atoms with Crippen molar-refractivity contribution < 1.29 is 4.74 Å². The molecule has 0 aromatic heterocycles. The molecule has 0 amide bonds. The van der Waals surface area contributed by atoms with E-state index in [1.54, 1.807) is 0 Å². The van der Waals surface area contributed by atoms with Crippen LogP contribution in [0.15, 0.2) is 0 Å². The monoisotopic (exact) mass is 228 g/mol. The third-order valence-corrected chi connectivity index (χ3v) is 3.63. The zero-order valence-corrected chi connectivity index (χ0v) is 11.1. The molecule has 1 saturated heterocycles. The van der Waals surface area contributed by atoms with Crippen molar-refractivity contribution in [3.05, 3.63) is 0 Å². The fourth-order valence-electron chi connectivity index (χ4n) is 2.71. The second-order valence-corrected chi connectivity index (χ2v) is 5.07. The zero-order valence-electron chi connectivity index (χ0n) is 11.1. The molecule has 0 bridgehead atoms. The molecule has 0 radical (unpaired) electrons. The molecular weight excluding hydrogens is 200 g/mol. The van der Waals surface area contributed by atoms with Gasteiger partial charge in [0.05, 0.1) is 12.7 Å². The number of nitrogens with two attached hydrogens (primary N) is 1. The minimum atomic E-state index is 0.336. The van der Waals surface area contributed by atoms with Gasteiger partial charge in [0.25, 0.3) is 0 Å². The molecule has 3 nitrogen and oxygen atoms in total. The Hall–Kier alpha value is -0.120. The van der Waals surface area contributed by atoms with Gasteiger partial charge < -0.3 is 10.5 Å². The smallest absolute Gasteiger partial charge is 0.0597 e. The lowest BCUT2D eigenvalue weighted by molar-refractivity contribution is 0.0265. The second-order valence-electron chi connectivity index (χ2n) is 5.07. The number of nitrogens with zero attached hydrogens (tertiary/aromatic N) is 1. The summed E-state index contributed by atoms with van der Waals surface area (Å²) in [6, 6.07) is 0.578. The van der Waals surface area contributed by atoms with E-state index in [4.69, 9.17) is 10.5 Å². The van der Waals surface area contributed by atoms with Crippen LogP contribution in [0.25, 0.3) is 0 Å². The van der Waals surface area contributed by atoms with E-state index in [0.717, 1.165) is 25.6 Å². The molecule has 1 aliphatic rings. The first kappa shape index (κ1) is 13.9. The Morgan fingerprint density at radius 3 is 2.75 bits per heavy atom. The number of piperidine rings is 1. The van der Waals surface area contributed by atoms with Gasteiger partial charge >= 0.3 is 0 Å². The molecule has 0 aromatic carbocycles. The van der Waals surface area contributed by atoms with Gasteiger partial charge in [-0.05, 0) is 39.2 Å². The summed E-state index contributed by atoms with van der Waals surface area (Å²) in [5.41, 5.74) is 5.91. The highest BCUT2D eigenvalue weighted by molar-refractivity contribution is 4.84. The fourth-order valence-corrected chi connectivity index (χ4v) is 2.71. The molecule has 0 aromatic rings. The molecule has 1 aliphatic heterocycles. The molecule has 2 N–H and O–H groups in total. The molecule has 2 atom stereocenters. The van der Waals surface area contributed by atoms with Gasteiger partial charge in [-0.1, -0.05) is 13.3 Å². The Bertz CT molecular complexity index is 185. The van der Waals surface area contributed by atoms with Crippen molar-refractivity contribution in [1.29, 1.82) is 0 Å². The van der Waals surface area contributed by atoms with Crippen molar-refractivity contribution in [3.8, 4) is 0 Å². The highest BCUT2D eigenvalue weighted by atomic mass is 16.5. The molecule has 1 fully saturated rings. The summed E-state index contributed by atoms with van der Waals surface area (Å²) in [5, 5.41) is 0. The first-order valence-electron chi connectivity index (χ1n) is 6.74. The summed E-state index contributed by atoms with van der Waals surface area (Å²) in [7, 11) is 0. The lowest BCUT2D eigenvalue weighted by atomic mass is 9.87. The van der Waals surface area contributed by atoms with E-state index in [1.807, 2.05) is 0 Å². The Kier molecular flexibility index (Phi) is 6.32. The summed E-state index contributed by atoms with van der Waals surface area (Å²) in [6.45, 7) is 10.3. The minimum Gasteiger partial charge on any atom is -0.377 e. The van der Waals surface area contributed by atoms with E-state index in [2.05, 4.69) is 25.7 Å². The Balaban J connectivity index is 2.37. The maximum Gasteiger partial charge on any atom is 0.0597 e. The highest BCUT2D eigenvalue weighted by Crippen LogP contribution is 2.25. The van der Waals surface area contributed by atoms with Crippen LogP contribution >= 0.6 is 0 Å². The lowest BCUT2D eigenvalue weighted by Gasteiger charge is -2.40. The number of rotatable bonds is 6. The molecule has 96 valence electrons. The van der Waals surface area contributed by atoms with Crippen LogP contribution in [0, 0.1) is 5.92 Å². The van der Waals surface area contributed by atoms with Crippen molar-refractivity contribution >= 4 is 0 Å². The predicted molar refractivity (Wildman–Crippen MR) is 68.5 cm³/mol. The van der Waals surface area contributed by atoms with Crippen LogP contribution in [0.3, 0.4) is 0 Å². The first-order valence-corrected chi connectivity index (χ1v) is 6.74. The van der Waals surface area contributed by atoms with Gasteiger partial charge in [-0.2, -0.15) is 0 Å². The fraction of sp³-hybridized carbons (Fsp3) is 1.00. The van der Waals surface area contributed by atoms with Crippen LogP contribution in [0.2, 0.25) is 0 Å². The quantitative estimate of drug-likeness (QED) is 0.754. The maximum atomic E-state index is 5.91. The largest absolute Gasteiger partial charge is 0.377 e. The van der Waals surface area contributed by atoms with E-state index in [0.29, 0.717) is 12.1 Å². The van der Waals surface area contributed by atoms with Gasteiger partial charge in [-0.25, -0.2) is 0 Å². The Labute approximate surface area is 100 Å². The van der Waals surface area contributed by atoms with Crippen molar-refractivity contribution in [1.82, 2.24) is 4.90 Å². The summed E-state index contributed by atoms with van der Waals surface area (Å²) >= 11 is 0. The molecule has 1 heterocycles. The molecule has 2 unspecified atom stereocenters. The van der Waals surface area contributed by atoms with E-state index < -0.39 is 0 Å². The van der Waals surface area contributed by atoms with Crippen molar-refractivity contribution in [3.63, 3.8) is 0 Å². The predicted octanol–water partition coefficient (Wildman–Crippen LogP) is 1.86. The van der Waals surface area contributed by atoms with Gasteiger partial charge in [-0.3, -0.25) is 4.90 Å². The average Bonchev–Trinajstić information content (AvgIpc) is 2.28. The molecule has 1 rings (SSSR count). The van der Waals surface area contributed by atoms with E-state index in [9.17, 15) is 0 Å². The molecule has 16 heavy (non-hydrogen) atoms. The molecular formula is C13H28N2O. The summed E-state index contributed by atoms with van der Waals surface area (Å²) in [4.78, 5) is 2.53. The van der Waals surface area contributed by atoms with E-state index in [-0.39, 0.29) is 0 Å². The minimum absolute atomic E-state index is 0.336. The van der Waals surface area contributed by atoms with Gasteiger partial charge in [0.1, 0.15) is 0 Å². The third-order valence-electron chi connectivity index (χ3n) is 3.63. The second kappa shape index (κ2) is 7.25. The van der Waals surface area contributed by atoms with E-state index in [1.165, 1.54) is 25.8 Å². The molecule has 0 saturated carbocycles. The van der Waals surface area contributed by atoms with Crippen LogP contribution in [-0.2, 0) is 4.74 Å². The van der Waals surface area contributed by atoms with Gasteiger partial charge in [0.15, 0.2) is 0 Å². The number of ether oxygens (including phenoxy) is 1. The van der Waals surface area contributed by atoms with Crippen LogP contribution in [0.5, 0.6) is 0 Å². The van der Waals surface area contributed by atoms with Crippen molar-refractivity contribution in [2.75, 3.05) is 26.2 Å². The topological polar surface area (TPSA) is 38.5 Å². The molecule has 3 heteroatoms. The average molecular weight is 228 g/mol. The number of hydrogen-bond donors (Lipinski definition) is 1. The number of likely N-dealkylation sites (tertiary alicyclic amines) is 1. The summed E-state index contributed by atoms with van der Waals surface area (Å²) in [6.07, 6.45) is 4.25. The van der Waals surface area contributed by atoms with Crippen LogP contribution in [0.4, 0.5) is 0 Å². The highest BCUT2D eigenvalue weighted by Gasteiger charge is 2.28. The normalized spacial score (nSPS) is 27.6. The van der Waals surface area contributed by atoms with Crippen LogP contribution in [-0.4, -0.2) is 43.3 Å². The Morgan fingerprint density at radius 2 is 2.19 bits per heavy atom. The van der Waals surface area contributed by atoms with Gasteiger partial charge in [0, 0.05) is 19.1 Å². The Morgan fingerprint density at radius 1 is 1.44 bits per heavy atom. The van der Waals surface area contributed by atoms with Crippen LogP contribution < -0.4 is 5.73 Å². The SMILES string of the molecule is CCC1CCCN(CCOC(C)C)C1CN. The zero-order chi connectivity index (χ0) is 12.0. The van der Waals surface area contributed by atoms with Gasteiger partial charge in [0.2, 0.25) is 0 Å². The first-order chi connectivity index (χ1) is 7.69. The standard InChI is InChI=1S/C13H28N2O/c1-4-12-6-5-7-15(13(12)10-14)8-9-16-11(2)3/h11-13H,4-10,14H2,1-3H3. The number of hydrogen-bond acceptors (Lipinski definition) is 3.